The Balaban J connectivity index is 1.95. The minimum Gasteiger partial charge on any atom is -0.287 e. The summed E-state index contributed by atoms with van der Waals surface area (Å²) in [5, 5.41) is 8.24. The predicted molar refractivity (Wildman–Crippen MR) is 95.6 cm³/mol. The summed E-state index contributed by atoms with van der Waals surface area (Å²) in [6.07, 6.45) is 4.95. The Morgan fingerprint density at radius 1 is 0.833 bits per heavy atom. The van der Waals surface area contributed by atoms with Gasteiger partial charge in [0.15, 0.2) is 0 Å². The maximum atomic E-state index is 12.8. The van der Waals surface area contributed by atoms with E-state index in [1.165, 1.54) is 0 Å². The SMILES string of the molecule is O=C(/C(=N\N=C/c1cccnc1)c1ccccc1)c1ccccc1. The second-order valence-electron chi connectivity index (χ2n) is 5.04. The Morgan fingerprint density at radius 2 is 1.50 bits per heavy atom. The number of aromatic nitrogens is 1. The first-order chi connectivity index (χ1) is 11.8. The molecule has 0 aliphatic rings. The number of carbonyl (C=O) groups is 1. The molecule has 0 fully saturated rings. The van der Waals surface area contributed by atoms with Crippen molar-refractivity contribution in [3.05, 3.63) is 102 Å². The summed E-state index contributed by atoms with van der Waals surface area (Å²) in [4.78, 5) is 16.8. The van der Waals surface area contributed by atoms with E-state index in [1.54, 1.807) is 30.7 Å². The van der Waals surface area contributed by atoms with Gasteiger partial charge >= 0.3 is 0 Å². The van der Waals surface area contributed by atoms with Gasteiger partial charge in [-0.25, -0.2) is 0 Å². The Morgan fingerprint density at radius 3 is 2.12 bits per heavy atom. The van der Waals surface area contributed by atoms with Crippen molar-refractivity contribution in [2.75, 3.05) is 0 Å². The molecule has 0 atom stereocenters. The maximum absolute atomic E-state index is 12.8. The number of rotatable bonds is 5. The number of carbonyl (C=O) groups excluding carboxylic acids is 1. The molecule has 0 saturated carbocycles. The van der Waals surface area contributed by atoms with Gasteiger partial charge in [-0.15, -0.1) is 5.10 Å². The van der Waals surface area contributed by atoms with Crippen LogP contribution in [0.25, 0.3) is 0 Å². The molecular weight excluding hydrogens is 298 g/mol. The molecule has 0 saturated heterocycles. The average molecular weight is 313 g/mol. The molecule has 0 amide bonds. The smallest absolute Gasteiger partial charge is 0.213 e. The van der Waals surface area contributed by atoms with E-state index in [-0.39, 0.29) is 5.78 Å². The third-order valence-corrected chi connectivity index (χ3v) is 3.35. The lowest BCUT2D eigenvalue weighted by molar-refractivity contribution is 0.106. The average Bonchev–Trinajstić information content (AvgIpc) is 2.67. The number of benzene rings is 2. The van der Waals surface area contributed by atoms with Crippen LogP contribution in [0.1, 0.15) is 21.5 Å². The monoisotopic (exact) mass is 313 g/mol. The zero-order chi connectivity index (χ0) is 16.6. The van der Waals surface area contributed by atoms with Gasteiger partial charge in [0.1, 0.15) is 5.71 Å². The molecule has 0 bridgehead atoms. The summed E-state index contributed by atoms with van der Waals surface area (Å²) < 4.78 is 0. The summed E-state index contributed by atoms with van der Waals surface area (Å²) in [5.41, 5.74) is 2.44. The Labute approximate surface area is 140 Å². The highest BCUT2D eigenvalue weighted by molar-refractivity contribution is 6.51. The van der Waals surface area contributed by atoms with Crippen LogP contribution >= 0.6 is 0 Å². The van der Waals surface area contributed by atoms with Gasteiger partial charge in [0.05, 0.1) is 6.21 Å². The molecule has 4 nitrogen and oxygen atoms in total. The molecule has 0 spiro atoms. The quantitative estimate of drug-likeness (QED) is 0.409. The van der Waals surface area contributed by atoms with E-state index in [1.807, 2.05) is 60.7 Å². The van der Waals surface area contributed by atoms with Crippen molar-refractivity contribution in [3.8, 4) is 0 Å². The van der Waals surface area contributed by atoms with E-state index in [0.29, 0.717) is 11.3 Å². The molecule has 24 heavy (non-hydrogen) atoms. The molecule has 0 unspecified atom stereocenters. The molecule has 0 aliphatic carbocycles. The number of Topliss-reactive ketones (excluding diaryl/α,β-unsaturated/α-hetero) is 1. The topological polar surface area (TPSA) is 54.7 Å². The van der Waals surface area contributed by atoms with Crippen LogP contribution in [-0.2, 0) is 0 Å². The van der Waals surface area contributed by atoms with Crippen LogP contribution in [0.4, 0.5) is 0 Å². The van der Waals surface area contributed by atoms with E-state index in [9.17, 15) is 4.79 Å². The van der Waals surface area contributed by atoms with Crippen LogP contribution in [-0.4, -0.2) is 22.7 Å². The highest BCUT2D eigenvalue weighted by Gasteiger charge is 2.15. The Kier molecular flexibility index (Phi) is 5.00. The number of nitrogens with zero attached hydrogens (tertiary/aromatic N) is 3. The zero-order valence-corrected chi connectivity index (χ0v) is 12.9. The lowest BCUT2D eigenvalue weighted by atomic mass is 10.0. The van der Waals surface area contributed by atoms with Crippen molar-refractivity contribution in [1.29, 1.82) is 0 Å². The van der Waals surface area contributed by atoms with Gasteiger partial charge in [-0.3, -0.25) is 9.78 Å². The predicted octanol–water partition coefficient (Wildman–Crippen LogP) is 3.79. The summed E-state index contributed by atoms with van der Waals surface area (Å²) in [6.45, 7) is 0. The van der Waals surface area contributed by atoms with Gasteiger partial charge in [-0.2, -0.15) is 5.10 Å². The van der Waals surface area contributed by atoms with Gasteiger partial charge in [-0.05, 0) is 6.07 Å². The largest absolute Gasteiger partial charge is 0.287 e. The summed E-state index contributed by atoms with van der Waals surface area (Å²) in [5.74, 6) is -0.162. The second-order valence-corrected chi connectivity index (χ2v) is 5.04. The molecule has 3 rings (SSSR count). The van der Waals surface area contributed by atoms with E-state index in [0.717, 1.165) is 11.1 Å². The van der Waals surface area contributed by atoms with E-state index < -0.39 is 0 Å². The summed E-state index contributed by atoms with van der Waals surface area (Å²) >= 11 is 0. The number of hydrogen-bond donors (Lipinski definition) is 0. The lowest BCUT2D eigenvalue weighted by Gasteiger charge is -2.04. The minimum absolute atomic E-state index is 0.162. The summed E-state index contributed by atoms with van der Waals surface area (Å²) in [7, 11) is 0. The van der Waals surface area contributed by atoms with Crippen LogP contribution in [0.2, 0.25) is 0 Å². The molecule has 0 aliphatic heterocycles. The third kappa shape index (κ3) is 3.87. The molecule has 0 N–H and O–H groups in total. The van der Waals surface area contributed by atoms with Crippen molar-refractivity contribution in [2.24, 2.45) is 10.2 Å². The Hall–Kier alpha value is -3.40. The van der Waals surface area contributed by atoms with Crippen molar-refractivity contribution >= 4 is 17.7 Å². The first-order valence-corrected chi connectivity index (χ1v) is 7.51. The van der Waals surface area contributed by atoms with Crippen LogP contribution in [0.15, 0.2) is 95.4 Å². The highest BCUT2D eigenvalue weighted by atomic mass is 16.1. The van der Waals surface area contributed by atoms with E-state index >= 15 is 0 Å². The standard InChI is InChI=1S/C20H15N3O/c24-20(18-11-5-2-6-12-18)19(17-9-3-1-4-10-17)23-22-15-16-8-7-13-21-14-16/h1-15H/b22-15-,23-19-. The van der Waals surface area contributed by atoms with Gasteiger partial charge in [-0.1, -0.05) is 66.7 Å². The van der Waals surface area contributed by atoms with E-state index in [2.05, 4.69) is 15.2 Å². The number of ketones is 1. The second kappa shape index (κ2) is 7.74. The summed E-state index contributed by atoms with van der Waals surface area (Å²) in [6, 6.07) is 22.1. The molecule has 2 aromatic carbocycles. The van der Waals surface area contributed by atoms with Crippen LogP contribution in [0, 0.1) is 0 Å². The van der Waals surface area contributed by atoms with Gasteiger partial charge in [0.2, 0.25) is 5.78 Å². The fraction of sp³-hybridized carbons (Fsp3) is 0. The van der Waals surface area contributed by atoms with Gasteiger partial charge in [0, 0.05) is 29.1 Å². The molecule has 3 aromatic rings. The minimum atomic E-state index is -0.162. The third-order valence-electron chi connectivity index (χ3n) is 3.35. The highest BCUT2D eigenvalue weighted by Crippen LogP contribution is 2.09. The Bertz CT molecular complexity index is 857. The van der Waals surface area contributed by atoms with E-state index in [4.69, 9.17) is 0 Å². The fourth-order valence-electron chi connectivity index (χ4n) is 2.16. The number of pyridine rings is 1. The van der Waals surface area contributed by atoms with Gasteiger partial charge < -0.3 is 0 Å². The molecular formula is C20H15N3O. The molecule has 0 radical (unpaired) electrons. The molecule has 1 aromatic heterocycles. The molecule has 4 heteroatoms. The van der Waals surface area contributed by atoms with Crippen LogP contribution < -0.4 is 0 Å². The van der Waals surface area contributed by atoms with Crippen molar-refractivity contribution in [3.63, 3.8) is 0 Å². The fourth-order valence-corrected chi connectivity index (χ4v) is 2.16. The maximum Gasteiger partial charge on any atom is 0.213 e. The normalized spacial score (nSPS) is 11.6. The molecule has 1 heterocycles. The van der Waals surface area contributed by atoms with Crippen LogP contribution in [0.3, 0.4) is 0 Å². The molecule has 116 valence electrons. The zero-order valence-electron chi connectivity index (χ0n) is 12.9. The van der Waals surface area contributed by atoms with Crippen LogP contribution in [0.5, 0.6) is 0 Å². The van der Waals surface area contributed by atoms with Crippen molar-refractivity contribution in [2.45, 2.75) is 0 Å². The van der Waals surface area contributed by atoms with Crippen molar-refractivity contribution < 1.29 is 4.79 Å². The van der Waals surface area contributed by atoms with Crippen molar-refractivity contribution in [1.82, 2.24) is 4.98 Å². The van der Waals surface area contributed by atoms with Gasteiger partial charge in [0.25, 0.3) is 0 Å². The first-order valence-electron chi connectivity index (χ1n) is 7.51. The number of hydrogen-bond acceptors (Lipinski definition) is 4. The first kappa shape index (κ1) is 15.5. The lowest BCUT2D eigenvalue weighted by Crippen LogP contribution is -2.15.